The van der Waals surface area contributed by atoms with Crippen molar-refractivity contribution in [1.82, 2.24) is 15.1 Å². The van der Waals surface area contributed by atoms with Crippen LogP contribution in [0, 0.1) is 0 Å². The van der Waals surface area contributed by atoms with Crippen molar-refractivity contribution >= 4 is 22.6 Å². The number of hydrogen-bond acceptors (Lipinski definition) is 5. The van der Waals surface area contributed by atoms with Crippen LogP contribution in [0.5, 0.6) is 0 Å². The molecule has 1 heterocycles. The number of ether oxygens (including phenoxy) is 1. The summed E-state index contributed by atoms with van der Waals surface area (Å²) in [6.45, 7) is 1.55. The van der Waals surface area contributed by atoms with Gasteiger partial charge >= 0.3 is 5.97 Å². The Kier molecular flexibility index (Phi) is 5.88. The third-order valence-electron chi connectivity index (χ3n) is 5.00. The highest BCUT2D eigenvalue weighted by molar-refractivity contribution is 6.02. The molecule has 1 saturated carbocycles. The molecule has 1 unspecified atom stereocenters. The molecule has 0 spiro atoms. The average molecular weight is 371 g/mol. The van der Waals surface area contributed by atoms with Gasteiger partial charge in [-0.15, -0.1) is 0 Å². The van der Waals surface area contributed by atoms with Gasteiger partial charge in [0.15, 0.2) is 11.8 Å². The SMILES string of the molecule is CC(OC(=O)c1nn(C)c(=O)c2ccccc12)C(=O)NC1CCCCCC1. The smallest absolute Gasteiger partial charge is 0.360 e. The second-order valence-corrected chi connectivity index (χ2v) is 7.07. The maximum atomic E-state index is 12.6. The molecule has 0 bridgehead atoms. The summed E-state index contributed by atoms with van der Waals surface area (Å²) in [7, 11) is 1.48. The van der Waals surface area contributed by atoms with Crippen LogP contribution in [0.3, 0.4) is 0 Å². The van der Waals surface area contributed by atoms with E-state index in [0.29, 0.717) is 10.8 Å². The van der Waals surface area contributed by atoms with E-state index in [9.17, 15) is 14.4 Å². The summed E-state index contributed by atoms with van der Waals surface area (Å²) in [4.78, 5) is 37.2. The number of hydrogen-bond donors (Lipinski definition) is 1. The van der Waals surface area contributed by atoms with Gasteiger partial charge in [-0.05, 0) is 25.8 Å². The Balaban J connectivity index is 1.73. The Hall–Kier alpha value is -2.70. The van der Waals surface area contributed by atoms with Crippen LogP contribution >= 0.6 is 0 Å². The normalized spacial score (nSPS) is 16.5. The van der Waals surface area contributed by atoms with E-state index in [2.05, 4.69) is 10.4 Å². The molecule has 0 aliphatic heterocycles. The maximum Gasteiger partial charge on any atom is 0.360 e. The van der Waals surface area contributed by atoms with Crippen molar-refractivity contribution in [2.45, 2.75) is 57.6 Å². The molecule has 7 nitrogen and oxygen atoms in total. The molecule has 2 aromatic rings. The lowest BCUT2D eigenvalue weighted by Crippen LogP contribution is -2.42. The highest BCUT2D eigenvalue weighted by Crippen LogP contribution is 2.18. The van der Waals surface area contributed by atoms with Gasteiger partial charge in [0.1, 0.15) is 0 Å². The zero-order chi connectivity index (χ0) is 19.4. The van der Waals surface area contributed by atoms with Crippen LogP contribution in [0.15, 0.2) is 29.1 Å². The molecule has 27 heavy (non-hydrogen) atoms. The van der Waals surface area contributed by atoms with Crippen molar-refractivity contribution < 1.29 is 14.3 Å². The quantitative estimate of drug-likeness (QED) is 0.658. The van der Waals surface area contributed by atoms with Crippen molar-refractivity contribution in [2.24, 2.45) is 7.05 Å². The summed E-state index contributed by atoms with van der Waals surface area (Å²) in [6, 6.07) is 6.87. The number of rotatable bonds is 4. The minimum absolute atomic E-state index is 0.0295. The van der Waals surface area contributed by atoms with Crippen molar-refractivity contribution in [2.75, 3.05) is 0 Å². The second kappa shape index (κ2) is 8.33. The topological polar surface area (TPSA) is 90.3 Å². The molecule has 0 saturated heterocycles. The number of amides is 1. The molecule has 144 valence electrons. The van der Waals surface area contributed by atoms with Crippen molar-refractivity contribution in [3.8, 4) is 0 Å². The highest BCUT2D eigenvalue weighted by atomic mass is 16.5. The number of aromatic nitrogens is 2. The fraction of sp³-hybridized carbons (Fsp3) is 0.500. The standard InChI is InChI=1S/C20H25N3O4/c1-13(18(24)21-14-9-5-3-4-6-10-14)27-20(26)17-15-11-7-8-12-16(15)19(25)23(2)22-17/h7-8,11-14H,3-6,9-10H2,1-2H3,(H,21,24). The number of esters is 1. The van der Waals surface area contributed by atoms with E-state index in [-0.39, 0.29) is 23.2 Å². The minimum Gasteiger partial charge on any atom is -0.448 e. The first-order chi connectivity index (χ1) is 13.0. The zero-order valence-corrected chi connectivity index (χ0v) is 15.7. The lowest BCUT2D eigenvalue weighted by atomic mass is 10.1. The monoisotopic (exact) mass is 371 g/mol. The number of aryl methyl sites for hydroxylation is 1. The van der Waals surface area contributed by atoms with Gasteiger partial charge in [-0.2, -0.15) is 5.10 Å². The van der Waals surface area contributed by atoms with Crippen LogP contribution in [0.2, 0.25) is 0 Å². The Morgan fingerprint density at radius 2 is 1.78 bits per heavy atom. The largest absolute Gasteiger partial charge is 0.448 e. The minimum atomic E-state index is -0.932. The van der Waals surface area contributed by atoms with Crippen LogP contribution in [0.25, 0.3) is 10.8 Å². The predicted molar refractivity (Wildman–Crippen MR) is 101 cm³/mol. The number of benzene rings is 1. The van der Waals surface area contributed by atoms with Gasteiger partial charge in [0.2, 0.25) is 0 Å². The molecule has 1 atom stereocenters. The molecule has 1 amide bonds. The molecule has 3 rings (SSSR count). The summed E-state index contributed by atoms with van der Waals surface area (Å²) in [5.41, 5.74) is -0.261. The van der Waals surface area contributed by atoms with Crippen LogP contribution < -0.4 is 10.9 Å². The first-order valence-corrected chi connectivity index (χ1v) is 9.45. The molecule has 1 N–H and O–H groups in total. The van der Waals surface area contributed by atoms with Gasteiger partial charge in [0.05, 0.1) is 5.39 Å². The molecule has 1 aliphatic carbocycles. The van der Waals surface area contributed by atoms with Gasteiger partial charge in [-0.25, -0.2) is 9.48 Å². The first-order valence-electron chi connectivity index (χ1n) is 9.45. The van der Waals surface area contributed by atoms with E-state index in [4.69, 9.17) is 4.74 Å². The molecular formula is C20H25N3O4. The number of nitrogens with zero attached hydrogens (tertiary/aromatic N) is 2. The van der Waals surface area contributed by atoms with Crippen molar-refractivity contribution in [3.63, 3.8) is 0 Å². The van der Waals surface area contributed by atoms with E-state index in [1.165, 1.54) is 19.9 Å². The number of nitrogens with one attached hydrogen (secondary N) is 1. The Morgan fingerprint density at radius 3 is 2.44 bits per heavy atom. The first kappa shape index (κ1) is 19.1. The van der Waals surface area contributed by atoms with Crippen LogP contribution in [-0.2, 0) is 16.6 Å². The highest BCUT2D eigenvalue weighted by Gasteiger charge is 2.24. The summed E-state index contributed by atoms with van der Waals surface area (Å²) in [5, 5.41) is 7.83. The fourth-order valence-electron chi connectivity index (χ4n) is 3.46. The van der Waals surface area contributed by atoms with Gasteiger partial charge < -0.3 is 10.1 Å². The van der Waals surface area contributed by atoms with Crippen molar-refractivity contribution in [1.29, 1.82) is 0 Å². The summed E-state index contributed by atoms with van der Waals surface area (Å²) >= 11 is 0. The van der Waals surface area contributed by atoms with Crippen LogP contribution in [-0.4, -0.2) is 33.8 Å². The lowest BCUT2D eigenvalue weighted by Gasteiger charge is -2.19. The number of fused-ring (bicyclic) bond motifs is 1. The van der Waals surface area contributed by atoms with Crippen LogP contribution in [0.4, 0.5) is 0 Å². The van der Waals surface area contributed by atoms with E-state index in [1.54, 1.807) is 31.2 Å². The predicted octanol–water partition coefficient (Wildman–Crippen LogP) is 2.32. The molecule has 7 heteroatoms. The van der Waals surface area contributed by atoms with Gasteiger partial charge in [-0.3, -0.25) is 9.59 Å². The third-order valence-corrected chi connectivity index (χ3v) is 5.00. The molecule has 1 fully saturated rings. The summed E-state index contributed by atoms with van der Waals surface area (Å²) < 4.78 is 6.45. The van der Waals surface area contributed by atoms with E-state index >= 15 is 0 Å². The summed E-state index contributed by atoms with van der Waals surface area (Å²) in [5.74, 6) is -1.02. The second-order valence-electron chi connectivity index (χ2n) is 7.07. The fourth-order valence-corrected chi connectivity index (χ4v) is 3.46. The molecule has 0 radical (unpaired) electrons. The third kappa shape index (κ3) is 4.35. The van der Waals surface area contributed by atoms with E-state index < -0.39 is 12.1 Å². The van der Waals surface area contributed by atoms with E-state index in [1.807, 2.05) is 0 Å². The van der Waals surface area contributed by atoms with Crippen LogP contribution in [0.1, 0.15) is 55.9 Å². The molecule has 1 aromatic heterocycles. The average Bonchev–Trinajstić information content (AvgIpc) is 2.93. The summed E-state index contributed by atoms with van der Waals surface area (Å²) in [6.07, 6.45) is 5.59. The Labute approximate surface area is 157 Å². The number of carbonyl (C=O) groups excluding carboxylic acids is 2. The van der Waals surface area contributed by atoms with Gasteiger partial charge in [0.25, 0.3) is 11.5 Å². The van der Waals surface area contributed by atoms with Gasteiger partial charge in [0, 0.05) is 18.5 Å². The lowest BCUT2D eigenvalue weighted by molar-refractivity contribution is -0.129. The van der Waals surface area contributed by atoms with Crippen molar-refractivity contribution in [3.05, 3.63) is 40.3 Å². The number of carbonyl (C=O) groups is 2. The molecule has 1 aromatic carbocycles. The Morgan fingerprint density at radius 1 is 1.15 bits per heavy atom. The van der Waals surface area contributed by atoms with E-state index in [0.717, 1.165) is 30.4 Å². The molecular weight excluding hydrogens is 346 g/mol. The van der Waals surface area contributed by atoms with Gasteiger partial charge in [-0.1, -0.05) is 43.9 Å². The Bertz CT molecular complexity index is 898. The zero-order valence-electron chi connectivity index (χ0n) is 15.7. The maximum absolute atomic E-state index is 12.6. The molecule has 1 aliphatic rings.